The average Bonchev–Trinajstić information content (AvgIpc) is 2.66. The molecule has 1 aromatic carbocycles. The summed E-state index contributed by atoms with van der Waals surface area (Å²) in [7, 11) is 1.89. The summed E-state index contributed by atoms with van der Waals surface area (Å²) in [6.07, 6.45) is 1.90. The van der Waals surface area contributed by atoms with Crippen LogP contribution in [0.3, 0.4) is 0 Å². The number of halogens is 1. The molecule has 0 radical (unpaired) electrons. The van der Waals surface area contributed by atoms with E-state index in [0.717, 1.165) is 15.7 Å². The zero-order valence-corrected chi connectivity index (χ0v) is 10.5. The van der Waals surface area contributed by atoms with Crippen LogP contribution in [0.2, 0.25) is 0 Å². The van der Waals surface area contributed by atoms with E-state index in [9.17, 15) is 0 Å². The van der Waals surface area contributed by atoms with Gasteiger partial charge in [-0.1, -0.05) is 28.1 Å². The highest BCUT2D eigenvalue weighted by Gasteiger charge is 2.14. The molecule has 16 heavy (non-hydrogen) atoms. The van der Waals surface area contributed by atoms with Gasteiger partial charge in [-0.2, -0.15) is 5.10 Å². The summed E-state index contributed by atoms with van der Waals surface area (Å²) < 4.78 is 2.79. The lowest BCUT2D eigenvalue weighted by molar-refractivity contribution is 0.603. The fraction of sp³-hybridized carbons (Fsp3) is 0.182. The number of aromatic nitrogens is 2. The quantitative estimate of drug-likeness (QED) is 0.665. The summed E-state index contributed by atoms with van der Waals surface area (Å²) >= 11 is 3.44. The first kappa shape index (κ1) is 11.3. The van der Waals surface area contributed by atoms with Crippen molar-refractivity contribution in [2.75, 3.05) is 0 Å². The maximum absolute atomic E-state index is 5.58. The molecule has 0 saturated carbocycles. The number of hydrogen-bond donors (Lipinski definition) is 2. The Bertz CT molecular complexity index is 480. The van der Waals surface area contributed by atoms with E-state index >= 15 is 0 Å². The van der Waals surface area contributed by atoms with Crippen molar-refractivity contribution in [3.8, 4) is 0 Å². The van der Waals surface area contributed by atoms with Crippen LogP contribution in [0.4, 0.5) is 0 Å². The van der Waals surface area contributed by atoms with Gasteiger partial charge in [-0.3, -0.25) is 10.5 Å². The number of hydrogen-bond acceptors (Lipinski definition) is 3. The summed E-state index contributed by atoms with van der Waals surface area (Å²) in [6.45, 7) is 0. The van der Waals surface area contributed by atoms with E-state index in [1.165, 1.54) is 0 Å². The molecule has 0 amide bonds. The standard InChI is InChI=1S/C11H13BrN4/c1-16-6-5-10(15-16)11(14-13)8-3-2-4-9(12)7-8/h2-7,11,14H,13H2,1H3. The number of hydrazine groups is 1. The molecule has 2 rings (SSSR count). The zero-order valence-electron chi connectivity index (χ0n) is 8.89. The first-order valence-electron chi connectivity index (χ1n) is 4.92. The van der Waals surface area contributed by atoms with E-state index in [1.807, 2.05) is 43.6 Å². The predicted molar refractivity (Wildman–Crippen MR) is 66.5 cm³/mol. The second-order valence-corrected chi connectivity index (χ2v) is 4.48. The van der Waals surface area contributed by atoms with Crippen molar-refractivity contribution in [1.82, 2.24) is 15.2 Å². The summed E-state index contributed by atoms with van der Waals surface area (Å²) in [5.74, 6) is 5.58. The van der Waals surface area contributed by atoms with Crippen molar-refractivity contribution in [3.63, 3.8) is 0 Å². The maximum Gasteiger partial charge on any atom is 0.0900 e. The molecule has 84 valence electrons. The predicted octanol–water partition coefficient (Wildman–Crippen LogP) is 1.74. The van der Waals surface area contributed by atoms with Crippen LogP contribution in [-0.2, 0) is 7.05 Å². The van der Waals surface area contributed by atoms with Gasteiger partial charge in [0.25, 0.3) is 0 Å². The van der Waals surface area contributed by atoms with Gasteiger partial charge in [0, 0.05) is 17.7 Å². The highest BCUT2D eigenvalue weighted by atomic mass is 79.9. The molecule has 0 bridgehead atoms. The topological polar surface area (TPSA) is 55.9 Å². The SMILES string of the molecule is Cn1ccc(C(NN)c2cccc(Br)c2)n1. The number of nitrogens with zero attached hydrogens (tertiary/aromatic N) is 2. The molecule has 1 heterocycles. The lowest BCUT2D eigenvalue weighted by Crippen LogP contribution is -2.29. The number of nitrogens with two attached hydrogens (primary N) is 1. The van der Waals surface area contributed by atoms with Gasteiger partial charge in [0.15, 0.2) is 0 Å². The van der Waals surface area contributed by atoms with Crippen molar-refractivity contribution >= 4 is 15.9 Å². The van der Waals surface area contributed by atoms with Crippen LogP contribution >= 0.6 is 15.9 Å². The third-order valence-electron chi connectivity index (χ3n) is 2.38. The highest BCUT2D eigenvalue weighted by Crippen LogP contribution is 2.22. The van der Waals surface area contributed by atoms with Crippen LogP contribution < -0.4 is 11.3 Å². The molecule has 4 nitrogen and oxygen atoms in total. The lowest BCUT2D eigenvalue weighted by atomic mass is 10.1. The molecule has 0 aliphatic carbocycles. The molecule has 1 atom stereocenters. The van der Waals surface area contributed by atoms with E-state index in [-0.39, 0.29) is 6.04 Å². The van der Waals surface area contributed by atoms with Crippen LogP contribution in [0.15, 0.2) is 41.0 Å². The Hall–Kier alpha value is -1.17. The Balaban J connectivity index is 2.36. The molecule has 1 aromatic heterocycles. The second-order valence-electron chi connectivity index (χ2n) is 3.57. The lowest BCUT2D eigenvalue weighted by Gasteiger charge is -2.14. The Morgan fingerprint density at radius 1 is 1.44 bits per heavy atom. The maximum atomic E-state index is 5.58. The van der Waals surface area contributed by atoms with Crippen LogP contribution in [0.1, 0.15) is 17.3 Å². The van der Waals surface area contributed by atoms with Gasteiger partial charge in [-0.25, -0.2) is 5.43 Å². The van der Waals surface area contributed by atoms with Crippen molar-refractivity contribution in [3.05, 3.63) is 52.3 Å². The minimum absolute atomic E-state index is 0.0845. The molecule has 0 aliphatic heterocycles. The zero-order chi connectivity index (χ0) is 11.5. The van der Waals surface area contributed by atoms with Gasteiger partial charge in [0.2, 0.25) is 0 Å². The Morgan fingerprint density at radius 2 is 2.25 bits per heavy atom. The molecular formula is C11H13BrN4. The van der Waals surface area contributed by atoms with Gasteiger partial charge in [0.1, 0.15) is 0 Å². The smallest absolute Gasteiger partial charge is 0.0900 e. The summed E-state index contributed by atoms with van der Waals surface area (Å²) in [5, 5.41) is 4.35. The largest absolute Gasteiger partial charge is 0.275 e. The number of rotatable bonds is 3. The number of aryl methyl sites for hydroxylation is 1. The molecule has 1 unspecified atom stereocenters. The minimum Gasteiger partial charge on any atom is -0.275 e. The van der Waals surface area contributed by atoms with Gasteiger partial charge >= 0.3 is 0 Å². The normalized spacial score (nSPS) is 12.7. The molecule has 0 aliphatic rings. The van der Waals surface area contributed by atoms with Crippen molar-refractivity contribution < 1.29 is 0 Å². The number of nitrogens with one attached hydrogen (secondary N) is 1. The van der Waals surface area contributed by atoms with E-state index < -0.39 is 0 Å². The van der Waals surface area contributed by atoms with Crippen molar-refractivity contribution in [2.24, 2.45) is 12.9 Å². The Morgan fingerprint density at radius 3 is 2.81 bits per heavy atom. The van der Waals surface area contributed by atoms with E-state index in [0.29, 0.717) is 0 Å². The molecule has 5 heteroatoms. The third kappa shape index (κ3) is 2.32. The average molecular weight is 281 g/mol. The molecule has 3 N–H and O–H groups in total. The Kier molecular flexibility index (Phi) is 3.38. The first-order valence-corrected chi connectivity index (χ1v) is 5.71. The monoisotopic (exact) mass is 280 g/mol. The van der Waals surface area contributed by atoms with Gasteiger partial charge in [-0.05, 0) is 23.8 Å². The summed E-state index contributed by atoms with van der Waals surface area (Å²) in [6, 6.07) is 9.87. The van der Waals surface area contributed by atoms with E-state index in [4.69, 9.17) is 5.84 Å². The van der Waals surface area contributed by atoms with Gasteiger partial charge in [-0.15, -0.1) is 0 Å². The molecule has 0 saturated heterocycles. The van der Waals surface area contributed by atoms with Crippen LogP contribution in [0, 0.1) is 0 Å². The minimum atomic E-state index is -0.0845. The van der Waals surface area contributed by atoms with Gasteiger partial charge < -0.3 is 0 Å². The van der Waals surface area contributed by atoms with Gasteiger partial charge in [0.05, 0.1) is 11.7 Å². The molecular weight excluding hydrogens is 268 g/mol. The van der Waals surface area contributed by atoms with Crippen molar-refractivity contribution in [2.45, 2.75) is 6.04 Å². The van der Waals surface area contributed by atoms with Crippen LogP contribution in [-0.4, -0.2) is 9.78 Å². The van der Waals surface area contributed by atoms with E-state index in [2.05, 4.69) is 26.5 Å². The molecule has 2 aromatic rings. The Labute approximate surface area is 103 Å². The third-order valence-corrected chi connectivity index (χ3v) is 2.87. The summed E-state index contributed by atoms with van der Waals surface area (Å²) in [5.41, 5.74) is 4.76. The van der Waals surface area contributed by atoms with Crippen LogP contribution in [0.5, 0.6) is 0 Å². The van der Waals surface area contributed by atoms with Crippen LogP contribution in [0.25, 0.3) is 0 Å². The fourth-order valence-corrected chi connectivity index (χ4v) is 2.04. The molecule has 0 fully saturated rings. The first-order chi connectivity index (χ1) is 7.70. The van der Waals surface area contributed by atoms with Crippen molar-refractivity contribution in [1.29, 1.82) is 0 Å². The number of benzene rings is 1. The second kappa shape index (κ2) is 4.78. The van der Waals surface area contributed by atoms with E-state index in [1.54, 1.807) is 4.68 Å². The highest BCUT2D eigenvalue weighted by molar-refractivity contribution is 9.10. The molecule has 0 spiro atoms. The fourth-order valence-electron chi connectivity index (χ4n) is 1.63. The summed E-state index contributed by atoms with van der Waals surface area (Å²) in [4.78, 5) is 0.